The van der Waals surface area contributed by atoms with Gasteiger partial charge in [-0.1, -0.05) is 18.0 Å². The Morgan fingerprint density at radius 3 is 2.64 bits per heavy atom. The Hall–Kier alpha value is -0.770. The average molecular weight is 158 g/mol. The Morgan fingerprint density at radius 2 is 2.00 bits per heavy atom. The molecule has 0 saturated carbocycles. The Bertz CT molecular complexity index is 122. The van der Waals surface area contributed by atoms with Crippen LogP contribution in [0.4, 0.5) is 0 Å². The Kier molecular flexibility index (Phi) is 8.58. The van der Waals surface area contributed by atoms with Gasteiger partial charge in [-0.2, -0.15) is 0 Å². The zero-order valence-corrected chi connectivity index (χ0v) is 6.57. The van der Waals surface area contributed by atoms with Gasteiger partial charge in [-0.05, 0) is 18.4 Å². The summed E-state index contributed by atoms with van der Waals surface area (Å²) in [6, 6.07) is 0. The molecular weight excluding hydrogens is 144 g/mol. The van der Waals surface area contributed by atoms with E-state index in [9.17, 15) is 0 Å². The maximum absolute atomic E-state index is 7.93. The molecule has 0 radical (unpaired) electrons. The summed E-state index contributed by atoms with van der Waals surface area (Å²) < 4.78 is 0. The molecule has 0 heterocycles. The first-order chi connectivity index (χ1) is 5.41. The molecule has 0 aliphatic carbocycles. The number of hydrogen-bond acceptors (Lipinski definition) is 3. The van der Waals surface area contributed by atoms with E-state index in [-0.39, 0.29) is 0 Å². The molecule has 5 nitrogen and oxygen atoms in total. The van der Waals surface area contributed by atoms with Crippen molar-refractivity contribution in [3.63, 3.8) is 0 Å². The summed E-state index contributed by atoms with van der Waals surface area (Å²) in [5.74, 6) is 4.82. The smallest absolute Gasteiger partial charge is 0.0679 e. The molecule has 0 atom stereocenters. The SMILES string of the molecule is [N-]=[N+]=NCCCCCCON. The van der Waals surface area contributed by atoms with Crippen molar-refractivity contribution in [2.24, 2.45) is 11.0 Å². The summed E-state index contributed by atoms with van der Waals surface area (Å²) in [6.07, 6.45) is 4.09. The second kappa shape index (κ2) is 9.23. The van der Waals surface area contributed by atoms with Crippen LogP contribution in [0.2, 0.25) is 0 Å². The predicted molar refractivity (Wildman–Crippen MR) is 42.6 cm³/mol. The molecule has 5 heteroatoms. The van der Waals surface area contributed by atoms with E-state index in [2.05, 4.69) is 14.9 Å². The maximum atomic E-state index is 7.93. The molecule has 0 aromatic heterocycles. The molecule has 0 fully saturated rings. The summed E-state index contributed by atoms with van der Waals surface area (Å²) in [5.41, 5.74) is 7.93. The van der Waals surface area contributed by atoms with E-state index in [4.69, 9.17) is 11.4 Å². The van der Waals surface area contributed by atoms with Crippen LogP contribution in [-0.2, 0) is 4.84 Å². The molecule has 0 amide bonds. The van der Waals surface area contributed by atoms with Crippen LogP contribution in [0.15, 0.2) is 5.11 Å². The van der Waals surface area contributed by atoms with E-state index in [0.29, 0.717) is 13.2 Å². The van der Waals surface area contributed by atoms with Crippen LogP contribution >= 0.6 is 0 Å². The largest absolute Gasteiger partial charge is 0.305 e. The van der Waals surface area contributed by atoms with E-state index in [1.165, 1.54) is 0 Å². The van der Waals surface area contributed by atoms with Crippen molar-refractivity contribution in [2.45, 2.75) is 25.7 Å². The quantitative estimate of drug-likeness (QED) is 0.201. The Morgan fingerprint density at radius 1 is 1.27 bits per heavy atom. The molecule has 0 bridgehead atoms. The zero-order chi connectivity index (χ0) is 8.36. The highest BCUT2D eigenvalue weighted by atomic mass is 16.6. The fraction of sp³-hybridized carbons (Fsp3) is 1.00. The number of azide groups is 1. The minimum absolute atomic E-state index is 0.597. The Balaban J connectivity index is 2.84. The summed E-state index contributed by atoms with van der Waals surface area (Å²) in [4.78, 5) is 7.04. The predicted octanol–water partition coefficient (Wildman–Crippen LogP) is 1.75. The fourth-order valence-corrected chi connectivity index (χ4v) is 0.766. The standard InChI is InChI=1S/C6H14N4O/c7-10-9-5-3-1-2-4-6-11-8/h1-6,8H2. The van der Waals surface area contributed by atoms with Gasteiger partial charge in [0.25, 0.3) is 0 Å². The van der Waals surface area contributed by atoms with E-state index in [1.54, 1.807) is 0 Å². The van der Waals surface area contributed by atoms with Gasteiger partial charge < -0.3 is 4.84 Å². The average Bonchev–Trinajstić information content (AvgIpc) is 2.03. The molecule has 64 valence electrons. The number of nitrogens with zero attached hydrogens (tertiary/aromatic N) is 3. The van der Waals surface area contributed by atoms with E-state index in [0.717, 1.165) is 25.7 Å². The molecule has 0 saturated heterocycles. The van der Waals surface area contributed by atoms with Gasteiger partial charge in [-0.25, -0.2) is 5.90 Å². The van der Waals surface area contributed by atoms with Crippen molar-refractivity contribution >= 4 is 0 Å². The lowest BCUT2D eigenvalue weighted by Crippen LogP contribution is -2.00. The van der Waals surface area contributed by atoms with Crippen LogP contribution in [0.1, 0.15) is 25.7 Å². The third kappa shape index (κ3) is 9.23. The van der Waals surface area contributed by atoms with Gasteiger partial charge in [0.05, 0.1) is 6.61 Å². The summed E-state index contributed by atoms with van der Waals surface area (Å²) >= 11 is 0. The summed E-state index contributed by atoms with van der Waals surface area (Å²) in [6.45, 7) is 1.21. The number of unbranched alkanes of at least 4 members (excludes halogenated alkanes) is 3. The minimum Gasteiger partial charge on any atom is -0.305 e. The third-order valence-electron chi connectivity index (χ3n) is 1.33. The number of hydrogen-bond donors (Lipinski definition) is 1. The van der Waals surface area contributed by atoms with Gasteiger partial charge >= 0.3 is 0 Å². The highest BCUT2D eigenvalue weighted by molar-refractivity contribution is 4.48. The molecule has 0 spiro atoms. The molecule has 0 aliphatic heterocycles. The van der Waals surface area contributed by atoms with Gasteiger partial charge in [-0.15, -0.1) is 0 Å². The van der Waals surface area contributed by atoms with Gasteiger partial charge in [0.1, 0.15) is 0 Å². The first kappa shape index (κ1) is 10.2. The summed E-state index contributed by atoms with van der Waals surface area (Å²) in [7, 11) is 0. The number of rotatable bonds is 7. The lowest BCUT2D eigenvalue weighted by atomic mass is 10.2. The monoisotopic (exact) mass is 158 g/mol. The zero-order valence-electron chi connectivity index (χ0n) is 6.57. The van der Waals surface area contributed by atoms with Gasteiger partial charge in [0.2, 0.25) is 0 Å². The van der Waals surface area contributed by atoms with Crippen LogP contribution in [-0.4, -0.2) is 13.2 Å². The van der Waals surface area contributed by atoms with Gasteiger partial charge in [0, 0.05) is 11.5 Å². The number of nitrogens with two attached hydrogens (primary N) is 1. The fourth-order valence-electron chi connectivity index (χ4n) is 0.766. The molecule has 0 aliphatic rings. The van der Waals surface area contributed by atoms with Crippen molar-refractivity contribution in [1.82, 2.24) is 0 Å². The normalized spacial score (nSPS) is 9.18. The van der Waals surface area contributed by atoms with Crippen molar-refractivity contribution in [1.29, 1.82) is 0 Å². The van der Waals surface area contributed by atoms with Gasteiger partial charge in [0.15, 0.2) is 0 Å². The third-order valence-corrected chi connectivity index (χ3v) is 1.33. The van der Waals surface area contributed by atoms with E-state index in [1.807, 2.05) is 0 Å². The Labute approximate surface area is 66.1 Å². The second-order valence-corrected chi connectivity index (χ2v) is 2.24. The molecule has 2 N–H and O–H groups in total. The summed E-state index contributed by atoms with van der Waals surface area (Å²) in [5, 5.41) is 3.41. The van der Waals surface area contributed by atoms with Crippen molar-refractivity contribution in [2.75, 3.05) is 13.2 Å². The van der Waals surface area contributed by atoms with E-state index < -0.39 is 0 Å². The molecule has 11 heavy (non-hydrogen) atoms. The second-order valence-electron chi connectivity index (χ2n) is 2.24. The van der Waals surface area contributed by atoms with Crippen LogP contribution in [0.25, 0.3) is 10.4 Å². The first-order valence-corrected chi connectivity index (χ1v) is 3.74. The van der Waals surface area contributed by atoms with Crippen LogP contribution in [0.3, 0.4) is 0 Å². The molecule has 0 unspecified atom stereocenters. The lowest BCUT2D eigenvalue weighted by Gasteiger charge is -1.96. The van der Waals surface area contributed by atoms with Gasteiger partial charge in [-0.3, -0.25) is 0 Å². The van der Waals surface area contributed by atoms with Crippen molar-refractivity contribution < 1.29 is 4.84 Å². The van der Waals surface area contributed by atoms with Crippen LogP contribution in [0, 0.1) is 0 Å². The highest BCUT2D eigenvalue weighted by Crippen LogP contribution is 1.99. The van der Waals surface area contributed by atoms with Crippen molar-refractivity contribution in [3.8, 4) is 0 Å². The minimum atomic E-state index is 0.597. The molecular formula is C6H14N4O. The lowest BCUT2D eigenvalue weighted by molar-refractivity contribution is 0.133. The highest BCUT2D eigenvalue weighted by Gasteiger charge is 1.87. The van der Waals surface area contributed by atoms with Crippen molar-refractivity contribution in [3.05, 3.63) is 10.4 Å². The van der Waals surface area contributed by atoms with E-state index >= 15 is 0 Å². The maximum Gasteiger partial charge on any atom is 0.0679 e. The van der Waals surface area contributed by atoms with Crippen LogP contribution in [0.5, 0.6) is 0 Å². The molecule has 0 aromatic carbocycles. The molecule has 0 rings (SSSR count). The first-order valence-electron chi connectivity index (χ1n) is 3.74. The molecule has 0 aromatic rings. The topological polar surface area (TPSA) is 84.0 Å². The van der Waals surface area contributed by atoms with Crippen LogP contribution < -0.4 is 5.90 Å².